The van der Waals surface area contributed by atoms with Gasteiger partial charge < -0.3 is 10.4 Å². The third-order valence-electron chi connectivity index (χ3n) is 2.40. The van der Waals surface area contributed by atoms with Crippen LogP contribution in [0.3, 0.4) is 0 Å². The van der Waals surface area contributed by atoms with Crippen LogP contribution >= 0.6 is 0 Å². The van der Waals surface area contributed by atoms with E-state index in [0.717, 1.165) is 11.1 Å². The van der Waals surface area contributed by atoms with Crippen molar-refractivity contribution in [1.29, 1.82) is 0 Å². The number of carboxylic acid groups (broad SMARTS) is 1. The third kappa shape index (κ3) is 2.12. The lowest BCUT2D eigenvalue weighted by Crippen LogP contribution is -2.24. The first-order chi connectivity index (χ1) is 6.56. The number of hydrogen-bond acceptors (Lipinski definition) is 2. The molecule has 1 unspecified atom stereocenters. The Kier molecular flexibility index (Phi) is 3.25. The van der Waals surface area contributed by atoms with Crippen molar-refractivity contribution in [3.8, 4) is 0 Å². The number of carbonyl (C=O) groups is 1. The van der Waals surface area contributed by atoms with Crippen molar-refractivity contribution in [3.05, 3.63) is 34.9 Å². The predicted octanol–water partition coefficient (Wildman–Crippen LogP) is 1.65. The monoisotopic (exact) mass is 193 g/mol. The molecule has 0 saturated heterocycles. The van der Waals surface area contributed by atoms with Crippen LogP contribution < -0.4 is 5.32 Å². The molecule has 0 aliphatic heterocycles. The summed E-state index contributed by atoms with van der Waals surface area (Å²) in [5.41, 5.74) is 3.08. The summed E-state index contributed by atoms with van der Waals surface area (Å²) in [5.74, 6) is -0.851. The summed E-state index contributed by atoms with van der Waals surface area (Å²) < 4.78 is 0. The summed E-state index contributed by atoms with van der Waals surface area (Å²) >= 11 is 0. The first-order valence-corrected chi connectivity index (χ1v) is 4.53. The van der Waals surface area contributed by atoms with Gasteiger partial charge in [-0.3, -0.25) is 4.79 Å². The maximum absolute atomic E-state index is 10.9. The zero-order valence-electron chi connectivity index (χ0n) is 8.66. The maximum Gasteiger partial charge on any atom is 0.325 e. The van der Waals surface area contributed by atoms with Crippen LogP contribution in [-0.2, 0) is 4.79 Å². The summed E-state index contributed by atoms with van der Waals surface area (Å²) in [5, 5.41) is 11.7. The second-order valence-corrected chi connectivity index (χ2v) is 3.40. The molecule has 0 aliphatic carbocycles. The Morgan fingerprint density at radius 2 is 2.00 bits per heavy atom. The lowest BCUT2D eigenvalue weighted by atomic mass is 10.0. The van der Waals surface area contributed by atoms with E-state index in [0.29, 0.717) is 0 Å². The van der Waals surface area contributed by atoms with Gasteiger partial charge in [-0.15, -0.1) is 0 Å². The number of likely N-dealkylation sites (N-methyl/N-ethyl adjacent to an activating group) is 1. The van der Waals surface area contributed by atoms with E-state index in [-0.39, 0.29) is 0 Å². The summed E-state index contributed by atoms with van der Waals surface area (Å²) in [6, 6.07) is 5.08. The third-order valence-corrected chi connectivity index (χ3v) is 2.40. The fourth-order valence-electron chi connectivity index (χ4n) is 1.38. The van der Waals surface area contributed by atoms with E-state index in [1.165, 1.54) is 5.56 Å². The topological polar surface area (TPSA) is 49.3 Å². The van der Waals surface area contributed by atoms with Crippen LogP contribution in [0, 0.1) is 13.8 Å². The van der Waals surface area contributed by atoms with Crippen molar-refractivity contribution in [3.63, 3.8) is 0 Å². The Labute approximate surface area is 83.8 Å². The van der Waals surface area contributed by atoms with Crippen LogP contribution in [0.25, 0.3) is 0 Å². The number of carboxylic acids is 1. The number of nitrogens with one attached hydrogen (secondary N) is 1. The lowest BCUT2D eigenvalue weighted by Gasteiger charge is -2.12. The fourth-order valence-corrected chi connectivity index (χ4v) is 1.38. The van der Waals surface area contributed by atoms with E-state index in [4.69, 9.17) is 5.11 Å². The molecule has 14 heavy (non-hydrogen) atoms. The van der Waals surface area contributed by atoms with Crippen LogP contribution in [0.4, 0.5) is 0 Å². The SMILES string of the molecule is CNC(C(=O)O)c1ccc(C)c(C)c1. The second-order valence-electron chi connectivity index (χ2n) is 3.40. The minimum absolute atomic E-state index is 0.616. The Bertz CT molecular complexity index is 347. The number of aliphatic carboxylic acids is 1. The van der Waals surface area contributed by atoms with Crippen LogP contribution in [0.15, 0.2) is 18.2 Å². The Morgan fingerprint density at radius 3 is 2.43 bits per heavy atom. The first-order valence-electron chi connectivity index (χ1n) is 4.53. The van der Waals surface area contributed by atoms with E-state index in [1.54, 1.807) is 7.05 Å². The van der Waals surface area contributed by atoms with Crippen molar-refractivity contribution >= 4 is 5.97 Å². The molecular weight excluding hydrogens is 178 g/mol. The summed E-state index contributed by atoms with van der Waals surface area (Å²) in [6.45, 7) is 3.99. The molecule has 76 valence electrons. The molecule has 2 N–H and O–H groups in total. The molecule has 0 bridgehead atoms. The van der Waals surface area contributed by atoms with Gasteiger partial charge in [0.05, 0.1) is 0 Å². The smallest absolute Gasteiger partial charge is 0.325 e. The van der Waals surface area contributed by atoms with Gasteiger partial charge in [0.2, 0.25) is 0 Å². The van der Waals surface area contributed by atoms with Gasteiger partial charge in [-0.05, 0) is 37.6 Å². The molecule has 0 heterocycles. The molecule has 1 rings (SSSR count). The second kappa shape index (κ2) is 4.24. The highest BCUT2D eigenvalue weighted by Gasteiger charge is 2.17. The Hall–Kier alpha value is -1.35. The predicted molar refractivity (Wildman–Crippen MR) is 55.4 cm³/mol. The van der Waals surface area contributed by atoms with Crippen LogP contribution in [0.5, 0.6) is 0 Å². The molecule has 1 aromatic rings. The van der Waals surface area contributed by atoms with E-state index in [9.17, 15) is 4.79 Å². The average molecular weight is 193 g/mol. The fraction of sp³-hybridized carbons (Fsp3) is 0.364. The molecular formula is C11H15NO2. The minimum Gasteiger partial charge on any atom is -0.480 e. The molecule has 0 amide bonds. The van der Waals surface area contributed by atoms with Gasteiger partial charge in [0, 0.05) is 0 Å². The Balaban J connectivity index is 3.06. The van der Waals surface area contributed by atoms with Gasteiger partial charge >= 0.3 is 5.97 Å². The minimum atomic E-state index is -0.851. The molecule has 1 aromatic carbocycles. The number of hydrogen-bond donors (Lipinski definition) is 2. The highest BCUT2D eigenvalue weighted by molar-refractivity contribution is 5.75. The van der Waals surface area contributed by atoms with Crippen LogP contribution in [-0.4, -0.2) is 18.1 Å². The molecule has 3 nitrogen and oxygen atoms in total. The van der Waals surface area contributed by atoms with Crippen LogP contribution in [0.1, 0.15) is 22.7 Å². The highest BCUT2D eigenvalue weighted by atomic mass is 16.4. The molecule has 0 spiro atoms. The van der Waals surface area contributed by atoms with Gasteiger partial charge in [-0.2, -0.15) is 0 Å². The zero-order chi connectivity index (χ0) is 10.7. The molecule has 1 atom stereocenters. The molecule has 0 fully saturated rings. The first kappa shape index (κ1) is 10.7. The van der Waals surface area contributed by atoms with Crippen molar-refractivity contribution in [2.45, 2.75) is 19.9 Å². The summed E-state index contributed by atoms with van der Waals surface area (Å²) in [4.78, 5) is 10.9. The van der Waals surface area contributed by atoms with Gasteiger partial charge in [0.15, 0.2) is 0 Å². The number of rotatable bonds is 3. The molecule has 3 heteroatoms. The number of aryl methyl sites for hydroxylation is 2. The van der Waals surface area contributed by atoms with Gasteiger partial charge in [0.25, 0.3) is 0 Å². The van der Waals surface area contributed by atoms with E-state index in [2.05, 4.69) is 5.32 Å². The number of benzene rings is 1. The normalized spacial score (nSPS) is 12.5. The largest absolute Gasteiger partial charge is 0.480 e. The highest BCUT2D eigenvalue weighted by Crippen LogP contribution is 2.16. The van der Waals surface area contributed by atoms with Crippen molar-refractivity contribution in [2.75, 3.05) is 7.05 Å². The van der Waals surface area contributed by atoms with E-state index >= 15 is 0 Å². The van der Waals surface area contributed by atoms with Gasteiger partial charge in [-0.1, -0.05) is 18.2 Å². The maximum atomic E-state index is 10.9. The quantitative estimate of drug-likeness (QED) is 0.767. The lowest BCUT2D eigenvalue weighted by molar-refractivity contribution is -0.139. The Morgan fingerprint density at radius 1 is 1.36 bits per heavy atom. The standard InChI is InChI=1S/C11H15NO2/c1-7-4-5-9(6-8(7)2)10(12-3)11(13)14/h4-6,10,12H,1-3H3,(H,13,14). The van der Waals surface area contributed by atoms with Crippen molar-refractivity contribution in [2.24, 2.45) is 0 Å². The van der Waals surface area contributed by atoms with E-state index < -0.39 is 12.0 Å². The molecule has 0 aromatic heterocycles. The van der Waals surface area contributed by atoms with Gasteiger partial charge in [-0.25, -0.2) is 0 Å². The summed E-state index contributed by atoms with van der Waals surface area (Å²) in [7, 11) is 1.65. The van der Waals surface area contributed by atoms with Crippen LogP contribution in [0.2, 0.25) is 0 Å². The zero-order valence-corrected chi connectivity index (χ0v) is 8.66. The van der Waals surface area contributed by atoms with Gasteiger partial charge in [0.1, 0.15) is 6.04 Å². The van der Waals surface area contributed by atoms with Crippen molar-refractivity contribution < 1.29 is 9.90 Å². The average Bonchev–Trinajstić information content (AvgIpc) is 2.11. The molecule has 0 aliphatic rings. The van der Waals surface area contributed by atoms with Crippen molar-refractivity contribution in [1.82, 2.24) is 5.32 Å². The molecule has 0 radical (unpaired) electrons. The molecule has 0 saturated carbocycles. The van der Waals surface area contributed by atoms with E-state index in [1.807, 2.05) is 32.0 Å². The summed E-state index contributed by atoms with van der Waals surface area (Å²) in [6.07, 6.45) is 0.